The third kappa shape index (κ3) is 7.70. The fourth-order valence-corrected chi connectivity index (χ4v) is 0.560. The SMILES string of the molecule is CCCCl.Clc1ccccc1. The maximum Gasteiger partial charge on any atom is 0.0405 e. The van der Waals surface area contributed by atoms with Gasteiger partial charge in [-0.05, 0) is 18.6 Å². The van der Waals surface area contributed by atoms with Gasteiger partial charge in [-0.1, -0.05) is 36.7 Å². The van der Waals surface area contributed by atoms with Crippen LogP contribution in [0.1, 0.15) is 13.3 Å². The van der Waals surface area contributed by atoms with Crippen LogP contribution in [-0.4, -0.2) is 5.88 Å². The van der Waals surface area contributed by atoms with E-state index in [0.29, 0.717) is 0 Å². The van der Waals surface area contributed by atoms with Gasteiger partial charge in [-0.2, -0.15) is 0 Å². The third-order valence-electron chi connectivity index (χ3n) is 0.922. The van der Waals surface area contributed by atoms with E-state index in [-0.39, 0.29) is 0 Å². The summed E-state index contributed by atoms with van der Waals surface area (Å²) in [5, 5.41) is 0.794. The van der Waals surface area contributed by atoms with Gasteiger partial charge in [0.15, 0.2) is 0 Å². The van der Waals surface area contributed by atoms with Crippen LogP contribution in [0.15, 0.2) is 30.3 Å². The Morgan fingerprint density at radius 2 is 1.64 bits per heavy atom. The van der Waals surface area contributed by atoms with Crippen molar-refractivity contribution in [1.82, 2.24) is 0 Å². The predicted molar refractivity (Wildman–Crippen MR) is 52.5 cm³/mol. The molecule has 2 heteroatoms. The van der Waals surface area contributed by atoms with Gasteiger partial charge in [0, 0.05) is 10.9 Å². The van der Waals surface area contributed by atoms with Crippen LogP contribution in [0.5, 0.6) is 0 Å². The lowest BCUT2D eigenvalue weighted by molar-refractivity contribution is 1.10. The van der Waals surface area contributed by atoms with Crippen molar-refractivity contribution in [3.05, 3.63) is 35.4 Å². The summed E-state index contributed by atoms with van der Waals surface area (Å²) < 4.78 is 0. The second-order valence-electron chi connectivity index (χ2n) is 1.98. The first-order valence-corrected chi connectivity index (χ1v) is 4.49. The van der Waals surface area contributed by atoms with E-state index in [1.165, 1.54) is 0 Å². The monoisotopic (exact) mass is 190 g/mol. The summed E-state index contributed by atoms with van der Waals surface area (Å²) in [7, 11) is 0. The van der Waals surface area contributed by atoms with Gasteiger partial charge >= 0.3 is 0 Å². The van der Waals surface area contributed by atoms with Gasteiger partial charge in [0.25, 0.3) is 0 Å². The Hall–Kier alpha value is -0.200. The molecule has 0 heterocycles. The second kappa shape index (κ2) is 7.90. The fourth-order valence-electron chi connectivity index (χ4n) is 0.415. The van der Waals surface area contributed by atoms with Crippen molar-refractivity contribution in [1.29, 1.82) is 0 Å². The van der Waals surface area contributed by atoms with E-state index in [4.69, 9.17) is 23.2 Å². The highest BCUT2D eigenvalue weighted by molar-refractivity contribution is 6.30. The normalized spacial score (nSPS) is 8.27. The van der Waals surface area contributed by atoms with Crippen molar-refractivity contribution >= 4 is 23.2 Å². The highest BCUT2D eigenvalue weighted by atomic mass is 35.5. The van der Waals surface area contributed by atoms with Crippen LogP contribution < -0.4 is 0 Å². The number of rotatable bonds is 1. The first kappa shape index (κ1) is 10.8. The Morgan fingerprint density at radius 1 is 1.18 bits per heavy atom. The molecule has 0 bridgehead atoms. The van der Waals surface area contributed by atoms with Crippen molar-refractivity contribution in [3.8, 4) is 0 Å². The Morgan fingerprint density at radius 3 is 1.82 bits per heavy atom. The molecule has 0 unspecified atom stereocenters. The molecule has 0 saturated heterocycles. The number of alkyl halides is 1. The molecule has 1 aromatic rings. The molecule has 0 spiro atoms. The number of halogens is 2. The topological polar surface area (TPSA) is 0 Å². The van der Waals surface area contributed by atoms with Crippen LogP contribution in [0.2, 0.25) is 5.02 Å². The Bertz CT molecular complexity index is 158. The molecule has 0 aliphatic heterocycles. The Balaban J connectivity index is 0.000000218. The predicted octanol–water partition coefficient (Wildman–Crippen LogP) is 3.98. The molecule has 0 radical (unpaired) electrons. The summed E-state index contributed by atoms with van der Waals surface area (Å²) >= 11 is 10.7. The van der Waals surface area contributed by atoms with Crippen molar-refractivity contribution in [2.45, 2.75) is 13.3 Å². The van der Waals surface area contributed by atoms with E-state index >= 15 is 0 Å². The average Bonchev–Trinajstić information content (AvgIpc) is 2.07. The molecule has 0 N–H and O–H groups in total. The maximum atomic E-state index is 5.54. The molecule has 62 valence electrons. The van der Waals surface area contributed by atoms with E-state index in [2.05, 4.69) is 0 Å². The summed E-state index contributed by atoms with van der Waals surface area (Å²) in [5.74, 6) is 0.792. The van der Waals surface area contributed by atoms with Gasteiger partial charge in [-0.25, -0.2) is 0 Å². The van der Waals surface area contributed by atoms with E-state index in [1.54, 1.807) is 0 Å². The summed E-state index contributed by atoms with van der Waals surface area (Å²) in [6.45, 7) is 2.05. The van der Waals surface area contributed by atoms with E-state index < -0.39 is 0 Å². The molecule has 0 aromatic heterocycles. The first-order chi connectivity index (χ1) is 5.31. The van der Waals surface area contributed by atoms with Gasteiger partial charge in [0.1, 0.15) is 0 Å². The van der Waals surface area contributed by atoms with Crippen LogP contribution in [0.25, 0.3) is 0 Å². The highest BCUT2D eigenvalue weighted by Gasteiger charge is 1.74. The van der Waals surface area contributed by atoms with Crippen LogP contribution >= 0.6 is 23.2 Å². The van der Waals surface area contributed by atoms with Gasteiger partial charge in [0.05, 0.1) is 0 Å². The lowest BCUT2D eigenvalue weighted by atomic mass is 10.4. The number of hydrogen-bond donors (Lipinski definition) is 0. The quantitative estimate of drug-likeness (QED) is 0.589. The standard InChI is InChI=1S/C6H5Cl.C3H7Cl/c7-6-4-2-1-3-5-6;1-2-3-4/h1-5H;2-3H2,1H3. The minimum Gasteiger partial charge on any atom is -0.127 e. The molecule has 1 aromatic carbocycles. The Kier molecular flexibility index (Phi) is 7.76. The molecule has 1 rings (SSSR count). The zero-order chi connectivity index (χ0) is 8.53. The zero-order valence-corrected chi connectivity index (χ0v) is 8.07. The van der Waals surface area contributed by atoms with Crippen LogP contribution in [0.3, 0.4) is 0 Å². The molecular weight excluding hydrogens is 179 g/mol. The minimum absolute atomic E-state index is 0.792. The average molecular weight is 191 g/mol. The summed E-state index contributed by atoms with van der Waals surface area (Å²) in [4.78, 5) is 0. The largest absolute Gasteiger partial charge is 0.127 e. The molecule has 0 atom stereocenters. The lowest BCUT2D eigenvalue weighted by Gasteiger charge is -1.80. The molecular formula is C9H12Cl2. The zero-order valence-electron chi connectivity index (χ0n) is 6.56. The van der Waals surface area contributed by atoms with Crippen molar-refractivity contribution in [3.63, 3.8) is 0 Å². The van der Waals surface area contributed by atoms with E-state index in [0.717, 1.165) is 17.3 Å². The first-order valence-electron chi connectivity index (χ1n) is 3.57. The summed E-state index contributed by atoms with van der Waals surface area (Å²) in [6.07, 6.45) is 1.08. The van der Waals surface area contributed by atoms with Gasteiger partial charge in [0.2, 0.25) is 0 Å². The van der Waals surface area contributed by atoms with Gasteiger partial charge in [-0.15, -0.1) is 11.6 Å². The Labute approximate surface area is 78.1 Å². The molecule has 0 amide bonds. The van der Waals surface area contributed by atoms with E-state index in [9.17, 15) is 0 Å². The smallest absolute Gasteiger partial charge is 0.0405 e. The second-order valence-corrected chi connectivity index (χ2v) is 2.80. The highest BCUT2D eigenvalue weighted by Crippen LogP contribution is 2.03. The molecule has 0 aliphatic rings. The van der Waals surface area contributed by atoms with Crippen LogP contribution in [0.4, 0.5) is 0 Å². The van der Waals surface area contributed by atoms with Gasteiger partial charge < -0.3 is 0 Å². The van der Waals surface area contributed by atoms with E-state index in [1.807, 2.05) is 37.3 Å². The summed E-state index contributed by atoms with van der Waals surface area (Å²) in [5.41, 5.74) is 0. The van der Waals surface area contributed by atoms with Crippen molar-refractivity contribution < 1.29 is 0 Å². The molecule has 11 heavy (non-hydrogen) atoms. The van der Waals surface area contributed by atoms with Crippen molar-refractivity contribution in [2.24, 2.45) is 0 Å². The number of benzene rings is 1. The fraction of sp³-hybridized carbons (Fsp3) is 0.333. The molecule has 0 fully saturated rings. The van der Waals surface area contributed by atoms with Crippen LogP contribution in [0, 0.1) is 0 Å². The molecule has 0 aliphatic carbocycles. The van der Waals surface area contributed by atoms with Gasteiger partial charge in [-0.3, -0.25) is 0 Å². The molecule has 0 nitrogen and oxygen atoms in total. The maximum absolute atomic E-state index is 5.54. The third-order valence-corrected chi connectivity index (χ3v) is 1.55. The molecule has 0 saturated carbocycles. The van der Waals surface area contributed by atoms with Crippen LogP contribution in [-0.2, 0) is 0 Å². The van der Waals surface area contributed by atoms with Crippen molar-refractivity contribution in [2.75, 3.05) is 5.88 Å². The number of hydrogen-bond acceptors (Lipinski definition) is 0. The minimum atomic E-state index is 0.792. The lowest BCUT2D eigenvalue weighted by Crippen LogP contribution is -1.55. The summed E-state index contributed by atoms with van der Waals surface area (Å²) in [6, 6.07) is 9.44.